The Labute approximate surface area is 187 Å². The van der Waals surface area contributed by atoms with E-state index in [1.54, 1.807) is 26.8 Å². The van der Waals surface area contributed by atoms with Gasteiger partial charge in [-0.15, -0.1) is 0 Å². The van der Waals surface area contributed by atoms with Crippen molar-refractivity contribution in [1.82, 2.24) is 9.97 Å². The molecule has 0 spiro atoms. The maximum atomic E-state index is 15.4. The van der Waals surface area contributed by atoms with Crippen LogP contribution in [0.1, 0.15) is 31.9 Å². The van der Waals surface area contributed by atoms with E-state index >= 15 is 4.39 Å². The maximum absolute atomic E-state index is 15.4. The van der Waals surface area contributed by atoms with Gasteiger partial charge in [-0.2, -0.15) is 13.2 Å². The zero-order chi connectivity index (χ0) is 23.7. The molecule has 0 aliphatic heterocycles. The van der Waals surface area contributed by atoms with Crippen LogP contribution in [0.15, 0.2) is 59.9 Å². The fourth-order valence-corrected chi connectivity index (χ4v) is 4.06. The number of thioether (sulfide) groups is 1. The van der Waals surface area contributed by atoms with Crippen LogP contribution in [0.2, 0.25) is 0 Å². The molecule has 0 bridgehead atoms. The highest BCUT2D eigenvalue weighted by Crippen LogP contribution is 2.48. The summed E-state index contributed by atoms with van der Waals surface area (Å²) in [5.41, 5.74) is -5.85. The molecule has 3 rings (SSSR count). The van der Waals surface area contributed by atoms with E-state index in [2.05, 4.69) is 9.97 Å². The van der Waals surface area contributed by atoms with Crippen LogP contribution in [0, 0.1) is 11.2 Å². The standard InChI is InChI=1S/C23H22F4N2O2S/c1-21(2,3)22(30,18-12-28-13-29-20(18)31-4)17-10-7-15(11-19(17)24)14-5-8-16(9-6-14)32-23(25,26)27/h5-13,30H,1-4H3. The van der Waals surface area contributed by atoms with Gasteiger partial charge in [-0.25, -0.2) is 14.4 Å². The van der Waals surface area contributed by atoms with Gasteiger partial charge in [-0.3, -0.25) is 0 Å². The molecular weight excluding hydrogens is 444 g/mol. The van der Waals surface area contributed by atoms with Crippen molar-refractivity contribution < 1.29 is 27.4 Å². The third kappa shape index (κ3) is 4.73. The van der Waals surface area contributed by atoms with E-state index in [4.69, 9.17) is 4.74 Å². The van der Waals surface area contributed by atoms with Gasteiger partial charge < -0.3 is 9.84 Å². The van der Waals surface area contributed by atoms with E-state index in [1.165, 1.54) is 56.0 Å². The van der Waals surface area contributed by atoms with Crippen molar-refractivity contribution >= 4 is 11.8 Å². The predicted molar refractivity (Wildman–Crippen MR) is 115 cm³/mol. The highest BCUT2D eigenvalue weighted by Gasteiger charge is 2.47. The summed E-state index contributed by atoms with van der Waals surface area (Å²) in [6.07, 6.45) is 2.66. The molecule has 9 heteroatoms. The largest absolute Gasteiger partial charge is 0.481 e. The van der Waals surface area contributed by atoms with Crippen LogP contribution < -0.4 is 4.74 Å². The lowest BCUT2D eigenvalue weighted by Crippen LogP contribution is -2.42. The van der Waals surface area contributed by atoms with Gasteiger partial charge in [0.1, 0.15) is 17.7 Å². The van der Waals surface area contributed by atoms with Crippen LogP contribution in [-0.2, 0) is 5.60 Å². The van der Waals surface area contributed by atoms with E-state index < -0.39 is 22.3 Å². The van der Waals surface area contributed by atoms with Crippen molar-refractivity contribution in [1.29, 1.82) is 0 Å². The molecule has 0 aliphatic rings. The van der Waals surface area contributed by atoms with Crippen molar-refractivity contribution in [2.75, 3.05) is 7.11 Å². The minimum Gasteiger partial charge on any atom is -0.481 e. The van der Waals surface area contributed by atoms with Gasteiger partial charge in [-0.05, 0) is 46.5 Å². The lowest BCUT2D eigenvalue weighted by Gasteiger charge is -2.41. The van der Waals surface area contributed by atoms with Crippen LogP contribution in [-0.4, -0.2) is 27.7 Å². The Morgan fingerprint density at radius 2 is 1.56 bits per heavy atom. The Bertz CT molecular complexity index is 1100. The first-order valence-corrected chi connectivity index (χ1v) is 10.4. The molecule has 1 heterocycles. The average Bonchev–Trinajstić information content (AvgIpc) is 2.71. The van der Waals surface area contributed by atoms with Crippen molar-refractivity contribution in [3.63, 3.8) is 0 Å². The smallest absolute Gasteiger partial charge is 0.446 e. The molecule has 3 aromatic rings. The molecule has 170 valence electrons. The molecular formula is C23H22F4N2O2S. The Morgan fingerprint density at radius 1 is 0.938 bits per heavy atom. The molecule has 32 heavy (non-hydrogen) atoms. The zero-order valence-electron chi connectivity index (χ0n) is 17.9. The monoisotopic (exact) mass is 466 g/mol. The van der Waals surface area contributed by atoms with Crippen LogP contribution in [0.4, 0.5) is 17.6 Å². The number of halogens is 4. The van der Waals surface area contributed by atoms with Crippen molar-refractivity contribution in [2.24, 2.45) is 5.41 Å². The lowest BCUT2D eigenvalue weighted by atomic mass is 9.68. The second-order valence-electron chi connectivity index (χ2n) is 8.17. The van der Waals surface area contributed by atoms with Crippen molar-refractivity contribution in [3.8, 4) is 17.0 Å². The molecule has 1 aromatic heterocycles. The molecule has 1 unspecified atom stereocenters. The molecule has 0 aliphatic carbocycles. The third-order valence-electron chi connectivity index (χ3n) is 5.12. The highest BCUT2D eigenvalue weighted by atomic mass is 32.2. The number of hydrogen-bond acceptors (Lipinski definition) is 5. The SMILES string of the molecule is COc1ncncc1C(O)(c1ccc(-c2ccc(SC(F)(F)F)cc2)cc1F)C(C)(C)C. The molecule has 0 saturated heterocycles. The number of hydrogen-bond donors (Lipinski definition) is 1. The van der Waals surface area contributed by atoms with Gasteiger partial charge in [-0.1, -0.05) is 45.0 Å². The summed E-state index contributed by atoms with van der Waals surface area (Å²) < 4.78 is 58.3. The van der Waals surface area contributed by atoms with E-state index in [1.807, 2.05) is 0 Å². The lowest BCUT2D eigenvalue weighted by molar-refractivity contribution is -0.0328. The number of aliphatic hydroxyl groups is 1. The summed E-state index contributed by atoms with van der Waals surface area (Å²) in [4.78, 5) is 8.04. The van der Waals surface area contributed by atoms with Gasteiger partial charge in [0.05, 0.1) is 12.7 Å². The number of benzene rings is 2. The van der Waals surface area contributed by atoms with Crippen molar-refractivity contribution in [2.45, 2.75) is 36.8 Å². The normalized spacial score (nSPS) is 14.2. The first-order chi connectivity index (χ1) is 14.9. The molecule has 2 aromatic carbocycles. The topological polar surface area (TPSA) is 55.2 Å². The van der Waals surface area contributed by atoms with Gasteiger partial charge >= 0.3 is 5.51 Å². The highest BCUT2D eigenvalue weighted by molar-refractivity contribution is 8.00. The van der Waals surface area contributed by atoms with Crippen LogP contribution >= 0.6 is 11.8 Å². The fraction of sp³-hybridized carbons (Fsp3) is 0.304. The number of rotatable bonds is 5. The first-order valence-electron chi connectivity index (χ1n) is 9.60. The Morgan fingerprint density at radius 3 is 2.09 bits per heavy atom. The second kappa shape index (κ2) is 8.71. The molecule has 0 radical (unpaired) electrons. The van der Waals surface area contributed by atoms with E-state index in [0.717, 1.165) is 0 Å². The number of aromatic nitrogens is 2. The minimum absolute atomic E-state index is 0.00565. The van der Waals surface area contributed by atoms with Crippen LogP contribution in [0.25, 0.3) is 11.1 Å². The van der Waals surface area contributed by atoms with E-state index in [9.17, 15) is 18.3 Å². The quantitative estimate of drug-likeness (QED) is 0.359. The Hall–Kier alpha value is -2.65. The molecule has 4 nitrogen and oxygen atoms in total. The molecule has 0 saturated carbocycles. The average molecular weight is 467 g/mol. The zero-order valence-corrected chi connectivity index (χ0v) is 18.7. The summed E-state index contributed by atoms with van der Waals surface area (Å²) >= 11 is -0.213. The summed E-state index contributed by atoms with van der Waals surface area (Å²) in [5, 5.41) is 11.8. The van der Waals surface area contributed by atoms with Crippen LogP contribution in [0.5, 0.6) is 5.88 Å². The Balaban J connectivity index is 2.05. The summed E-state index contributed by atoms with van der Waals surface area (Å²) in [5.74, 6) is -0.557. The fourth-order valence-electron chi connectivity index (χ4n) is 3.52. The minimum atomic E-state index is -4.38. The van der Waals surface area contributed by atoms with Gasteiger partial charge in [0.15, 0.2) is 0 Å². The summed E-state index contributed by atoms with van der Waals surface area (Å²) in [6, 6.07) is 9.96. The number of ether oxygens (including phenoxy) is 1. The number of alkyl halides is 3. The van der Waals surface area contributed by atoms with Gasteiger partial charge in [0.2, 0.25) is 5.88 Å². The predicted octanol–water partition coefficient (Wildman–Crippen LogP) is 6.19. The molecule has 0 amide bonds. The number of methoxy groups -OCH3 is 1. The maximum Gasteiger partial charge on any atom is 0.446 e. The van der Waals surface area contributed by atoms with Gasteiger partial charge in [0, 0.05) is 16.7 Å². The molecule has 1 N–H and O–H groups in total. The molecule has 1 atom stereocenters. The second-order valence-corrected chi connectivity index (χ2v) is 9.31. The first kappa shape index (κ1) is 24.0. The Kier molecular flexibility index (Phi) is 6.53. The third-order valence-corrected chi connectivity index (χ3v) is 5.86. The molecule has 0 fully saturated rings. The summed E-state index contributed by atoms with van der Waals surface area (Å²) in [6.45, 7) is 5.26. The number of nitrogens with zero attached hydrogens (tertiary/aromatic N) is 2. The van der Waals surface area contributed by atoms with E-state index in [-0.39, 0.29) is 33.7 Å². The summed E-state index contributed by atoms with van der Waals surface area (Å²) in [7, 11) is 1.40. The van der Waals surface area contributed by atoms with Gasteiger partial charge in [0.25, 0.3) is 0 Å². The van der Waals surface area contributed by atoms with E-state index in [0.29, 0.717) is 11.1 Å². The van der Waals surface area contributed by atoms with Crippen molar-refractivity contribution in [3.05, 3.63) is 71.9 Å². The van der Waals surface area contributed by atoms with Crippen LogP contribution in [0.3, 0.4) is 0 Å².